The molecule has 2 aromatic rings. The molecular formula is C19H28N4O2. The number of rotatable bonds is 6. The number of urea groups is 1. The Hall–Kier alpha value is -2.05. The van der Waals surface area contributed by atoms with Crippen LogP contribution in [0.4, 0.5) is 4.79 Å². The standard InChI is InChI=1S/C19H28N4O2/c1-14-6-8-23(9-7-14)13-17(24)12-21-19(25)20-11-16-10-15-4-2-3-5-18(15)22-16/h2-5,10,14,17,22,24H,6-9,11-13H2,1H3,(H2,20,21,25). The van der Waals surface area contributed by atoms with Gasteiger partial charge in [0.15, 0.2) is 0 Å². The molecule has 1 aromatic heterocycles. The maximum Gasteiger partial charge on any atom is 0.315 e. The van der Waals surface area contributed by atoms with Crippen LogP contribution in [0, 0.1) is 5.92 Å². The maximum absolute atomic E-state index is 11.9. The first-order valence-corrected chi connectivity index (χ1v) is 9.09. The molecule has 0 aliphatic carbocycles. The number of hydrogen-bond acceptors (Lipinski definition) is 3. The van der Waals surface area contributed by atoms with E-state index in [1.807, 2.05) is 30.3 Å². The van der Waals surface area contributed by atoms with Crippen molar-refractivity contribution in [2.75, 3.05) is 26.2 Å². The molecule has 0 radical (unpaired) electrons. The lowest BCUT2D eigenvalue weighted by Gasteiger charge is -2.31. The van der Waals surface area contributed by atoms with E-state index in [-0.39, 0.29) is 12.6 Å². The van der Waals surface area contributed by atoms with Crippen molar-refractivity contribution in [3.8, 4) is 0 Å². The van der Waals surface area contributed by atoms with Crippen LogP contribution in [0.3, 0.4) is 0 Å². The molecule has 1 aliphatic heterocycles. The number of hydrogen-bond donors (Lipinski definition) is 4. The van der Waals surface area contributed by atoms with Crippen LogP contribution in [0.2, 0.25) is 0 Å². The zero-order chi connectivity index (χ0) is 17.6. The van der Waals surface area contributed by atoms with Gasteiger partial charge in [-0.15, -0.1) is 0 Å². The molecule has 2 heterocycles. The normalized spacial score (nSPS) is 17.5. The van der Waals surface area contributed by atoms with Crippen LogP contribution < -0.4 is 10.6 Å². The van der Waals surface area contributed by atoms with Crippen LogP contribution in [-0.4, -0.2) is 53.3 Å². The quantitative estimate of drug-likeness (QED) is 0.647. The second-order valence-electron chi connectivity index (χ2n) is 7.08. The summed E-state index contributed by atoms with van der Waals surface area (Å²) in [7, 11) is 0. The third kappa shape index (κ3) is 5.21. The largest absolute Gasteiger partial charge is 0.390 e. The highest BCUT2D eigenvalue weighted by Gasteiger charge is 2.18. The molecule has 1 unspecified atom stereocenters. The number of para-hydroxylation sites is 1. The van der Waals surface area contributed by atoms with Crippen molar-refractivity contribution in [3.05, 3.63) is 36.0 Å². The van der Waals surface area contributed by atoms with Gasteiger partial charge in [0, 0.05) is 24.3 Å². The Morgan fingerprint density at radius 2 is 2.08 bits per heavy atom. The van der Waals surface area contributed by atoms with Gasteiger partial charge < -0.3 is 25.6 Å². The van der Waals surface area contributed by atoms with Gasteiger partial charge in [0.1, 0.15) is 0 Å². The third-order valence-corrected chi connectivity index (χ3v) is 4.87. The van der Waals surface area contributed by atoms with Gasteiger partial charge in [-0.25, -0.2) is 4.79 Å². The number of β-amino-alcohol motifs (C(OH)–C–C–N with tert-alkyl or cyclic N) is 1. The fourth-order valence-electron chi connectivity index (χ4n) is 3.28. The molecule has 1 aromatic carbocycles. The van der Waals surface area contributed by atoms with Gasteiger partial charge in [-0.3, -0.25) is 0 Å². The monoisotopic (exact) mass is 344 g/mol. The predicted molar refractivity (Wildman–Crippen MR) is 99.4 cm³/mol. The van der Waals surface area contributed by atoms with Crippen LogP contribution in [0.25, 0.3) is 10.9 Å². The van der Waals surface area contributed by atoms with Crippen LogP contribution in [-0.2, 0) is 6.54 Å². The summed E-state index contributed by atoms with van der Waals surface area (Å²) in [4.78, 5) is 17.5. The second-order valence-corrected chi connectivity index (χ2v) is 7.08. The first kappa shape index (κ1) is 17.8. The minimum atomic E-state index is -0.535. The summed E-state index contributed by atoms with van der Waals surface area (Å²) in [6, 6.07) is 9.79. The van der Waals surface area contributed by atoms with Crippen molar-refractivity contribution in [2.45, 2.75) is 32.4 Å². The van der Waals surface area contributed by atoms with Gasteiger partial charge in [-0.05, 0) is 49.4 Å². The first-order valence-electron chi connectivity index (χ1n) is 9.09. The Morgan fingerprint density at radius 1 is 1.32 bits per heavy atom. The summed E-state index contributed by atoms with van der Waals surface area (Å²) in [6.45, 7) is 5.66. The maximum atomic E-state index is 11.9. The van der Waals surface area contributed by atoms with E-state index >= 15 is 0 Å². The third-order valence-electron chi connectivity index (χ3n) is 4.87. The summed E-state index contributed by atoms with van der Waals surface area (Å²) in [5.74, 6) is 0.780. The van der Waals surface area contributed by atoms with E-state index in [1.165, 1.54) is 12.8 Å². The molecule has 6 heteroatoms. The molecule has 1 fully saturated rings. The second kappa shape index (κ2) is 8.36. The van der Waals surface area contributed by atoms with E-state index in [0.717, 1.165) is 35.6 Å². The number of aliphatic hydroxyl groups is 1. The van der Waals surface area contributed by atoms with E-state index in [0.29, 0.717) is 13.1 Å². The van der Waals surface area contributed by atoms with Gasteiger partial charge in [-0.2, -0.15) is 0 Å². The first-order chi connectivity index (χ1) is 12.1. The number of aromatic nitrogens is 1. The van der Waals surface area contributed by atoms with Gasteiger partial charge in [0.2, 0.25) is 0 Å². The lowest BCUT2D eigenvalue weighted by Crippen LogP contribution is -2.45. The Labute approximate surface area is 148 Å². The van der Waals surface area contributed by atoms with Crippen LogP contribution in [0.15, 0.2) is 30.3 Å². The number of carbonyl (C=O) groups excluding carboxylic acids is 1. The van der Waals surface area contributed by atoms with E-state index in [4.69, 9.17) is 0 Å². The average Bonchev–Trinajstić information content (AvgIpc) is 3.03. The summed E-state index contributed by atoms with van der Waals surface area (Å²) < 4.78 is 0. The number of piperidine rings is 1. The highest BCUT2D eigenvalue weighted by atomic mass is 16.3. The van der Waals surface area contributed by atoms with E-state index < -0.39 is 6.10 Å². The smallest absolute Gasteiger partial charge is 0.315 e. The zero-order valence-electron chi connectivity index (χ0n) is 14.8. The predicted octanol–water partition coefficient (Wildman–Crippen LogP) is 2.06. The molecule has 25 heavy (non-hydrogen) atoms. The molecule has 1 atom stereocenters. The van der Waals surface area contributed by atoms with Gasteiger partial charge in [-0.1, -0.05) is 25.1 Å². The molecular weight excluding hydrogens is 316 g/mol. The van der Waals surface area contributed by atoms with E-state index in [2.05, 4.69) is 27.4 Å². The Kier molecular flexibility index (Phi) is 5.94. The molecule has 1 saturated heterocycles. The lowest BCUT2D eigenvalue weighted by molar-refractivity contribution is 0.0920. The number of nitrogens with zero attached hydrogens (tertiary/aromatic N) is 1. The topological polar surface area (TPSA) is 80.4 Å². The Bertz CT molecular complexity index is 659. The highest BCUT2D eigenvalue weighted by Crippen LogP contribution is 2.16. The highest BCUT2D eigenvalue weighted by molar-refractivity contribution is 5.80. The average molecular weight is 344 g/mol. The number of H-pyrrole nitrogens is 1. The minimum absolute atomic E-state index is 0.259. The van der Waals surface area contributed by atoms with Crippen LogP contribution in [0.1, 0.15) is 25.5 Å². The number of nitrogens with one attached hydrogen (secondary N) is 3. The fourth-order valence-corrected chi connectivity index (χ4v) is 3.28. The number of aliphatic hydroxyl groups excluding tert-OH is 1. The molecule has 4 N–H and O–H groups in total. The number of fused-ring (bicyclic) bond motifs is 1. The van der Waals surface area contributed by atoms with Crippen molar-refractivity contribution in [2.24, 2.45) is 5.92 Å². The van der Waals surface area contributed by atoms with Crippen molar-refractivity contribution in [1.82, 2.24) is 20.5 Å². The van der Waals surface area contributed by atoms with Gasteiger partial charge in [0.25, 0.3) is 0 Å². The number of aromatic amines is 1. The summed E-state index contributed by atoms with van der Waals surface area (Å²) in [5.41, 5.74) is 2.02. The van der Waals surface area contributed by atoms with E-state index in [9.17, 15) is 9.90 Å². The number of likely N-dealkylation sites (tertiary alicyclic amines) is 1. The lowest BCUT2D eigenvalue weighted by atomic mass is 9.99. The van der Waals surface area contributed by atoms with Crippen molar-refractivity contribution in [3.63, 3.8) is 0 Å². The van der Waals surface area contributed by atoms with Gasteiger partial charge in [0.05, 0.1) is 12.6 Å². The Balaban J connectivity index is 1.36. The SMILES string of the molecule is CC1CCN(CC(O)CNC(=O)NCc2cc3ccccc3[nH]2)CC1. The fraction of sp³-hybridized carbons (Fsp3) is 0.526. The minimum Gasteiger partial charge on any atom is -0.390 e. The van der Waals surface area contributed by atoms with Crippen molar-refractivity contribution in [1.29, 1.82) is 0 Å². The molecule has 0 saturated carbocycles. The van der Waals surface area contributed by atoms with Crippen LogP contribution in [0.5, 0.6) is 0 Å². The summed E-state index contributed by atoms with van der Waals surface area (Å²) in [6.07, 6.45) is 1.84. The molecule has 6 nitrogen and oxygen atoms in total. The molecule has 2 amide bonds. The molecule has 136 valence electrons. The number of benzene rings is 1. The number of carbonyl (C=O) groups is 1. The summed E-state index contributed by atoms with van der Waals surface area (Å²) >= 11 is 0. The Morgan fingerprint density at radius 3 is 2.84 bits per heavy atom. The molecule has 1 aliphatic rings. The van der Waals surface area contributed by atoms with E-state index in [1.54, 1.807) is 0 Å². The van der Waals surface area contributed by atoms with Crippen molar-refractivity contribution < 1.29 is 9.90 Å². The summed E-state index contributed by atoms with van der Waals surface area (Å²) in [5, 5.41) is 16.8. The molecule has 3 rings (SSSR count). The zero-order valence-corrected chi connectivity index (χ0v) is 14.8. The van der Waals surface area contributed by atoms with Crippen LogP contribution >= 0.6 is 0 Å². The molecule has 0 spiro atoms. The van der Waals surface area contributed by atoms with Gasteiger partial charge >= 0.3 is 6.03 Å². The number of amides is 2. The molecule has 0 bridgehead atoms. The van der Waals surface area contributed by atoms with Crippen molar-refractivity contribution >= 4 is 16.9 Å².